The van der Waals surface area contributed by atoms with Crippen LogP contribution in [0.25, 0.3) is 22.3 Å². The van der Waals surface area contributed by atoms with Crippen molar-refractivity contribution < 1.29 is 0 Å². The highest BCUT2D eigenvalue weighted by atomic mass is 15.2. The minimum atomic E-state index is -0.337. The van der Waals surface area contributed by atoms with Crippen molar-refractivity contribution in [3.63, 3.8) is 0 Å². The fourth-order valence-electron chi connectivity index (χ4n) is 8.52. The first-order valence-corrected chi connectivity index (χ1v) is 16.3. The van der Waals surface area contributed by atoms with E-state index >= 15 is 0 Å². The lowest BCUT2D eigenvalue weighted by molar-refractivity contribution is 0.353. The maximum Gasteiger partial charge on any atom is 0.0711 e. The standard InChI is InChI=1S/C43H39N/c1-42(29-14-11-21-37(42)34-18-7-3-8-19-34)44(35-27-25-33(26-28-35)32-16-5-2-6-17-32)40-24-15-23-39-41(40)36-20-9-10-22-38(36)43(39)30-12-4-13-31-43/h2-3,5-11,14-29,37H,4,12-13,30-31H2,1H3. The Balaban J connectivity index is 1.36. The summed E-state index contributed by atoms with van der Waals surface area (Å²) in [6.07, 6.45) is 15.7. The summed E-state index contributed by atoms with van der Waals surface area (Å²) in [4.78, 5) is 2.65. The zero-order valence-electron chi connectivity index (χ0n) is 25.5. The number of hydrogen-bond acceptors (Lipinski definition) is 1. The van der Waals surface area contributed by atoms with Gasteiger partial charge in [0, 0.05) is 22.6 Å². The van der Waals surface area contributed by atoms with Crippen LogP contribution in [0.15, 0.2) is 152 Å². The van der Waals surface area contributed by atoms with Crippen molar-refractivity contribution in [3.8, 4) is 22.3 Å². The van der Waals surface area contributed by atoms with Crippen molar-refractivity contribution in [1.82, 2.24) is 0 Å². The molecule has 1 heteroatoms. The zero-order valence-corrected chi connectivity index (χ0v) is 25.5. The van der Waals surface area contributed by atoms with Gasteiger partial charge in [0.05, 0.1) is 11.2 Å². The second-order valence-electron chi connectivity index (χ2n) is 13.0. The van der Waals surface area contributed by atoms with Crippen LogP contribution in [0, 0.1) is 0 Å². The summed E-state index contributed by atoms with van der Waals surface area (Å²) in [5, 5.41) is 0. The number of allylic oxidation sites excluding steroid dienone is 2. The summed E-state index contributed by atoms with van der Waals surface area (Å²) in [6, 6.07) is 47.4. The predicted octanol–water partition coefficient (Wildman–Crippen LogP) is 11.4. The van der Waals surface area contributed by atoms with E-state index in [1.54, 1.807) is 0 Å². The summed E-state index contributed by atoms with van der Waals surface area (Å²) in [6.45, 7) is 2.42. The van der Waals surface area contributed by atoms with E-state index in [0.29, 0.717) is 0 Å². The highest BCUT2D eigenvalue weighted by Gasteiger charge is 2.47. The monoisotopic (exact) mass is 569 g/mol. The average Bonchev–Trinajstić information content (AvgIpc) is 3.36. The van der Waals surface area contributed by atoms with E-state index in [2.05, 4.69) is 164 Å². The average molecular weight is 570 g/mol. The second kappa shape index (κ2) is 10.8. The molecule has 44 heavy (non-hydrogen) atoms. The molecule has 0 bridgehead atoms. The molecule has 8 rings (SSSR count). The molecule has 0 saturated heterocycles. The molecule has 1 nitrogen and oxygen atoms in total. The molecule has 5 aromatic rings. The summed E-state index contributed by atoms with van der Waals surface area (Å²) in [5.41, 5.74) is 12.0. The Hall–Kier alpha value is -4.62. The smallest absolute Gasteiger partial charge is 0.0711 e. The topological polar surface area (TPSA) is 3.24 Å². The maximum atomic E-state index is 2.65. The van der Waals surface area contributed by atoms with Crippen molar-refractivity contribution in [2.24, 2.45) is 0 Å². The molecule has 0 amide bonds. The van der Waals surface area contributed by atoms with Gasteiger partial charge >= 0.3 is 0 Å². The molecule has 0 N–H and O–H groups in total. The SMILES string of the molecule is CC1(N(c2ccc(-c3ccccc3)cc2)c2cccc3c2-c2ccccc2C32CCCCC2)C=CC=CC1c1ccccc1. The number of rotatable bonds is 5. The minimum absolute atomic E-state index is 0.116. The Morgan fingerprint density at radius 2 is 1.25 bits per heavy atom. The molecule has 0 radical (unpaired) electrons. The molecule has 0 aliphatic heterocycles. The maximum absolute atomic E-state index is 2.65. The Morgan fingerprint density at radius 1 is 0.591 bits per heavy atom. The van der Waals surface area contributed by atoms with Gasteiger partial charge in [-0.2, -0.15) is 0 Å². The van der Waals surface area contributed by atoms with Gasteiger partial charge in [0.1, 0.15) is 0 Å². The van der Waals surface area contributed by atoms with Crippen LogP contribution >= 0.6 is 0 Å². The van der Waals surface area contributed by atoms with Crippen LogP contribution in [-0.4, -0.2) is 5.54 Å². The van der Waals surface area contributed by atoms with Gasteiger partial charge in [-0.05, 0) is 71.3 Å². The molecule has 2 atom stereocenters. The second-order valence-corrected chi connectivity index (χ2v) is 13.0. The molecule has 1 saturated carbocycles. The number of hydrogen-bond donors (Lipinski definition) is 0. The first-order chi connectivity index (χ1) is 21.7. The van der Waals surface area contributed by atoms with Crippen LogP contribution < -0.4 is 4.90 Å². The normalized spacial score (nSPS) is 21.2. The number of nitrogens with zero attached hydrogens (tertiary/aromatic N) is 1. The van der Waals surface area contributed by atoms with E-state index in [4.69, 9.17) is 0 Å². The fraction of sp³-hybridized carbons (Fsp3) is 0.209. The lowest BCUT2D eigenvalue weighted by Crippen LogP contribution is -2.47. The molecule has 216 valence electrons. The van der Waals surface area contributed by atoms with Gasteiger partial charge in [-0.15, -0.1) is 0 Å². The number of benzene rings is 5. The molecule has 0 aromatic heterocycles. The summed E-state index contributed by atoms with van der Waals surface area (Å²) >= 11 is 0. The molecule has 1 spiro atoms. The first-order valence-electron chi connectivity index (χ1n) is 16.3. The third kappa shape index (κ3) is 4.21. The van der Waals surface area contributed by atoms with Crippen LogP contribution in [0.1, 0.15) is 61.6 Å². The lowest BCUT2D eigenvalue weighted by atomic mass is 9.68. The van der Waals surface area contributed by atoms with E-state index in [1.165, 1.54) is 82.4 Å². The van der Waals surface area contributed by atoms with E-state index in [0.717, 1.165) is 0 Å². The van der Waals surface area contributed by atoms with Gasteiger partial charge in [-0.3, -0.25) is 0 Å². The van der Waals surface area contributed by atoms with Crippen LogP contribution in [-0.2, 0) is 5.41 Å². The highest BCUT2D eigenvalue weighted by Crippen LogP contribution is 2.59. The van der Waals surface area contributed by atoms with Crippen molar-refractivity contribution in [1.29, 1.82) is 0 Å². The summed E-state index contributed by atoms with van der Waals surface area (Å²) in [7, 11) is 0. The van der Waals surface area contributed by atoms with Crippen LogP contribution in [0.4, 0.5) is 11.4 Å². The minimum Gasteiger partial charge on any atom is -0.331 e. The van der Waals surface area contributed by atoms with Crippen LogP contribution in [0.5, 0.6) is 0 Å². The molecule has 0 heterocycles. The Morgan fingerprint density at radius 3 is 2.02 bits per heavy atom. The Labute approximate surface area is 262 Å². The zero-order chi connectivity index (χ0) is 29.6. The largest absolute Gasteiger partial charge is 0.331 e. The molecular weight excluding hydrogens is 530 g/mol. The van der Waals surface area contributed by atoms with Gasteiger partial charge in [-0.1, -0.05) is 153 Å². The molecular formula is C43H39N. The lowest BCUT2D eigenvalue weighted by Gasteiger charge is -2.47. The summed E-state index contributed by atoms with van der Waals surface area (Å²) < 4.78 is 0. The van der Waals surface area contributed by atoms with Crippen molar-refractivity contribution >= 4 is 11.4 Å². The molecule has 3 aliphatic rings. The van der Waals surface area contributed by atoms with Crippen molar-refractivity contribution in [3.05, 3.63) is 168 Å². The third-order valence-electron chi connectivity index (χ3n) is 10.6. The molecule has 3 aliphatic carbocycles. The summed E-state index contributed by atoms with van der Waals surface area (Å²) in [5.74, 6) is 0.179. The molecule has 2 unspecified atom stereocenters. The Kier molecular flexibility index (Phi) is 6.64. The number of anilines is 2. The first kappa shape index (κ1) is 27.0. The van der Waals surface area contributed by atoms with Crippen LogP contribution in [0.2, 0.25) is 0 Å². The fourth-order valence-corrected chi connectivity index (χ4v) is 8.52. The van der Waals surface area contributed by atoms with Crippen molar-refractivity contribution in [2.75, 3.05) is 4.90 Å². The van der Waals surface area contributed by atoms with Gasteiger partial charge in [0.2, 0.25) is 0 Å². The predicted molar refractivity (Wildman–Crippen MR) is 186 cm³/mol. The van der Waals surface area contributed by atoms with Crippen LogP contribution in [0.3, 0.4) is 0 Å². The van der Waals surface area contributed by atoms with E-state index in [-0.39, 0.29) is 16.9 Å². The van der Waals surface area contributed by atoms with Gasteiger partial charge in [0.25, 0.3) is 0 Å². The van der Waals surface area contributed by atoms with Gasteiger partial charge in [0.15, 0.2) is 0 Å². The third-order valence-corrected chi connectivity index (χ3v) is 10.6. The van der Waals surface area contributed by atoms with E-state index < -0.39 is 0 Å². The van der Waals surface area contributed by atoms with Gasteiger partial charge < -0.3 is 4.90 Å². The number of fused-ring (bicyclic) bond motifs is 5. The Bertz CT molecular complexity index is 1840. The van der Waals surface area contributed by atoms with E-state index in [1.807, 2.05) is 0 Å². The van der Waals surface area contributed by atoms with E-state index in [9.17, 15) is 0 Å². The molecule has 1 fully saturated rings. The van der Waals surface area contributed by atoms with Gasteiger partial charge in [-0.25, -0.2) is 0 Å². The van der Waals surface area contributed by atoms with Crippen molar-refractivity contribution in [2.45, 2.75) is 55.9 Å². The highest BCUT2D eigenvalue weighted by molar-refractivity contribution is 5.93. The molecule has 5 aromatic carbocycles. The quantitative estimate of drug-likeness (QED) is 0.203.